The molecule has 0 radical (unpaired) electrons. The van der Waals surface area contributed by atoms with Crippen molar-refractivity contribution in [3.63, 3.8) is 0 Å². The van der Waals surface area contributed by atoms with Gasteiger partial charge < -0.3 is 19.5 Å². The molecule has 1 heterocycles. The van der Waals surface area contributed by atoms with E-state index in [2.05, 4.69) is 4.74 Å². The fraction of sp³-hybridized carbons (Fsp3) is 0.846. The highest BCUT2D eigenvalue weighted by Gasteiger charge is 2.48. The van der Waals surface area contributed by atoms with E-state index in [-0.39, 0.29) is 12.5 Å². The smallest absolute Gasteiger partial charge is 0.410 e. The highest BCUT2D eigenvalue weighted by Crippen LogP contribution is 2.29. The third-order valence-corrected chi connectivity index (χ3v) is 3.27. The highest BCUT2D eigenvalue weighted by atomic mass is 16.6. The third-order valence-electron chi connectivity index (χ3n) is 3.27. The maximum Gasteiger partial charge on any atom is 0.410 e. The first-order valence-corrected chi connectivity index (χ1v) is 6.39. The number of piperidine rings is 1. The minimum Gasteiger partial charge on any atom is -0.467 e. The summed E-state index contributed by atoms with van der Waals surface area (Å²) in [6.45, 7) is 7.42. The number of hydrogen-bond donors (Lipinski definition) is 1. The Morgan fingerprint density at radius 3 is 2.42 bits per heavy atom. The highest BCUT2D eigenvalue weighted by molar-refractivity contribution is 5.81. The molecular weight excluding hydrogens is 250 g/mol. The Bertz CT molecular complexity index is 363. The summed E-state index contributed by atoms with van der Waals surface area (Å²) in [5.41, 5.74) is -2.27. The van der Waals surface area contributed by atoms with Crippen LogP contribution >= 0.6 is 0 Å². The maximum atomic E-state index is 12.0. The van der Waals surface area contributed by atoms with Crippen LogP contribution in [-0.2, 0) is 14.3 Å². The Hall–Kier alpha value is -1.30. The Balaban J connectivity index is 2.80. The summed E-state index contributed by atoms with van der Waals surface area (Å²) in [7, 11) is 1.22. The van der Waals surface area contributed by atoms with E-state index < -0.39 is 23.3 Å². The molecule has 110 valence electrons. The summed E-state index contributed by atoms with van der Waals surface area (Å²) in [5, 5.41) is 10.4. The van der Waals surface area contributed by atoms with Crippen molar-refractivity contribution >= 4 is 12.1 Å². The number of hydrogen-bond acceptors (Lipinski definition) is 5. The lowest BCUT2D eigenvalue weighted by Crippen LogP contribution is -2.59. The monoisotopic (exact) mass is 273 g/mol. The summed E-state index contributed by atoms with van der Waals surface area (Å²) in [6.07, 6.45) is -0.00748. The van der Waals surface area contributed by atoms with Gasteiger partial charge in [0, 0.05) is 6.54 Å². The predicted octanol–water partition coefficient (Wildman–Crippen LogP) is 1.17. The van der Waals surface area contributed by atoms with Crippen LogP contribution in [0.2, 0.25) is 0 Å². The fourth-order valence-corrected chi connectivity index (χ4v) is 2.04. The van der Waals surface area contributed by atoms with E-state index in [1.807, 2.05) is 0 Å². The van der Waals surface area contributed by atoms with Gasteiger partial charge in [-0.1, -0.05) is 6.92 Å². The molecule has 2 atom stereocenters. The average molecular weight is 273 g/mol. The number of likely N-dealkylation sites (tertiary alicyclic amines) is 1. The van der Waals surface area contributed by atoms with Gasteiger partial charge in [-0.2, -0.15) is 0 Å². The van der Waals surface area contributed by atoms with Crippen LogP contribution in [0.4, 0.5) is 4.79 Å². The number of aliphatic hydroxyl groups is 1. The first-order valence-electron chi connectivity index (χ1n) is 6.39. The maximum absolute atomic E-state index is 12.0. The van der Waals surface area contributed by atoms with Crippen LogP contribution in [-0.4, -0.2) is 53.5 Å². The molecule has 1 fully saturated rings. The lowest BCUT2D eigenvalue weighted by Gasteiger charge is -2.41. The molecule has 6 heteroatoms. The first-order chi connectivity index (χ1) is 8.60. The normalized spacial score (nSPS) is 27.9. The van der Waals surface area contributed by atoms with Gasteiger partial charge in [-0.05, 0) is 33.1 Å². The minimum absolute atomic E-state index is 0.101. The number of carbonyl (C=O) groups is 2. The first kappa shape index (κ1) is 15.8. The van der Waals surface area contributed by atoms with Gasteiger partial charge in [0.2, 0.25) is 0 Å². The van der Waals surface area contributed by atoms with Crippen LogP contribution in [0.3, 0.4) is 0 Å². The fourth-order valence-electron chi connectivity index (χ4n) is 2.04. The Labute approximate surface area is 113 Å². The molecule has 0 aliphatic carbocycles. The molecule has 0 aromatic carbocycles. The van der Waals surface area contributed by atoms with Crippen molar-refractivity contribution in [2.75, 3.05) is 20.2 Å². The van der Waals surface area contributed by atoms with Crippen molar-refractivity contribution in [2.24, 2.45) is 5.92 Å². The number of rotatable bonds is 1. The average Bonchev–Trinajstić information content (AvgIpc) is 2.29. The summed E-state index contributed by atoms with van der Waals surface area (Å²) in [5.74, 6) is -0.980. The summed E-state index contributed by atoms with van der Waals surface area (Å²) < 4.78 is 9.87. The number of methoxy groups -OCH3 is 1. The molecule has 0 spiro atoms. The van der Waals surface area contributed by atoms with E-state index in [1.165, 1.54) is 12.0 Å². The lowest BCUT2D eigenvalue weighted by atomic mass is 9.82. The van der Waals surface area contributed by atoms with Crippen molar-refractivity contribution in [1.82, 2.24) is 4.90 Å². The van der Waals surface area contributed by atoms with Crippen LogP contribution < -0.4 is 0 Å². The summed E-state index contributed by atoms with van der Waals surface area (Å²) >= 11 is 0. The van der Waals surface area contributed by atoms with Crippen molar-refractivity contribution in [1.29, 1.82) is 0 Å². The zero-order chi connectivity index (χ0) is 14.8. The number of amides is 1. The second kappa shape index (κ2) is 5.36. The van der Waals surface area contributed by atoms with Crippen molar-refractivity contribution < 1.29 is 24.2 Å². The van der Waals surface area contributed by atoms with Gasteiger partial charge in [0.15, 0.2) is 5.60 Å². The zero-order valence-corrected chi connectivity index (χ0v) is 12.2. The van der Waals surface area contributed by atoms with E-state index in [9.17, 15) is 14.7 Å². The second-order valence-electron chi connectivity index (χ2n) is 6.01. The molecule has 19 heavy (non-hydrogen) atoms. The van der Waals surface area contributed by atoms with Crippen LogP contribution in [0.25, 0.3) is 0 Å². The van der Waals surface area contributed by atoms with Gasteiger partial charge in [-0.25, -0.2) is 9.59 Å². The molecule has 0 bridgehead atoms. The number of esters is 1. The lowest BCUT2D eigenvalue weighted by molar-refractivity contribution is -0.174. The van der Waals surface area contributed by atoms with Crippen LogP contribution in [0, 0.1) is 5.92 Å². The van der Waals surface area contributed by atoms with Gasteiger partial charge in [0.1, 0.15) is 5.60 Å². The predicted molar refractivity (Wildman–Crippen MR) is 68.6 cm³/mol. The Morgan fingerprint density at radius 2 is 1.95 bits per heavy atom. The second-order valence-corrected chi connectivity index (χ2v) is 6.01. The molecule has 0 aromatic rings. The summed E-state index contributed by atoms with van der Waals surface area (Å²) in [6, 6.07) is 0. The molecule has 6 nitrogen and oxygen atoms in total. The molecule has 1 saturated heterocycles. The topological polar surface area (TPSA) is 76.1 Å². The van der Waals surface area contributed by atoms with Crippen LogP contribution in [0.1, 0.15) is 34.1 Å². The molecule has 0 aromatic heterocycles. The Kier molecular flexibility index (Phi) is 4.45. The zero-order valence-electron chi connectivity index (χ0n) is 12.2. The Morgan fingerprint density at radius 1 is 1.37 bits per heavy atom. The van der Waals surface area contributed by atoms with Crippen molar-refractivity contribution in [3.05, 3.63) is 0 Å². The molecule has 1 amide bonds. The van der Waals surface area contributed by atoms with E-state index in [4.69, 9.17) is 4.74 Å². The standard InChI is InChI=1S/C13H23NO5/c1-9-6-7-14(11(16)19-12(2,3)4)8-13(9,17)10(15)18-5/h9,17H,6-8H2,1-5H3. The molecule has 1 aliphatic heterocycles. The number of carbonyl (C=O) groups excluding carboxylic acids is 2. The van der Waals surface area contributed by atoms with Gasteiger partial charge in [0.25, 0.3) is 0 Å². The van der Waals surface area contributed by atoms with E-state index >= 15 is 0 Å². The largest absolute Gasteiger partial charge is 0.467 e. The van der Waals surface area contributed by atoms with Crippen LogP contribution in [0.5, 0.6) is 0 Å². The summed E-state index contributed by atoms with van der Waals surface area (Å²) in [4.78, 5) is 25.0. The van der Waals surface area contributed by atoms with Crippen molar-refractivity contribution in [2.45, 2.75) is 45.3 Å². The van der Waals surface area contributed by atoms with Crippen molar-refractivity contribution in [3.8, 4) is 0 Å². The molecule has 2 unspecified atom stereocenters. The van der Waals surface area contributed by atoms with Gasteiger partial charge in [0.05, 0.1) is 13.7 Å². The third kappa shape index (κ3) is 3.59. The van der Waals surface area contributed by atoms with Gasteiger partial charge >= 0.3 is 12.1 Å². The molecule has 1 aliphatic rings. The van der Waals surface area contributed by atoms with Gasteiger partial charge in [-0.3, -0.25) is 0 Å². The van der Waals surface area contributed by atoms with E-state index in [0.29, 0.717) is 13.0 Å². The quantitative estimate of drug-likeness (QED) is 0.726. The number of β-amino-alcohol motifs (C(OH)–C–C–N with tert-alkyl or cyclic N) is 1. The van der Waals surface area contributed by atoms with Gasteiger partial charge in [-0.15, -0.1) is 0 Å². The number of nitrogens with zero attached hydrogens (tertiary/aromatic N) is 1. The molecule has 1 N–H and O–H groups in total. The molecule has 1 rings (SSSR count). The minimum atomic E-state index is -1.66. The molecule has 0 saturated carbocycles. The van der Waals surface area contributed by atoms with E-state index in [0.717, 1.165) is 0 Å². The molecular formula is C13H23NO5. The van der Waals surface area contributed by atoms with Crippen LogP contribution in [0.15, 0.2) is 0 Å². The van der Waals surface area contributed by atoms with E-state index in [1.54, 1.807) is 27.7 Å². The number of ether oxygens (including phenoxy) is 2. The SMILES string of the molecule is COC(=O)C1(O)CN(C(=O)OC(C)(C)C)CCC1C.